The van der Waals surface area contributed by atoms with Crippen molar-refractivity contribution in [2.24, 2.45) is 11.8 Å². The standard InChI is InChI=1S/C20H32N4O2/c1-2-6-21-7-9-23(10-8-21)20(26)15-22-12-16-11-17(14-22)18-4-3-5-19(25)24(18)13-16/h2,16-18H,1,3-15H2/t16-,17-,18-/m1/s1. The highest BCUT2D eigenvalue weighted by molar-refractivity contribution is 5.78. The lowest BCUT2D eigenvalue weighted by atomic mass is 9.76. The van der Waals surface area contributed by atoms with E-state index in [-0.39, 0.29) is 5.91 Å². The summed E-state index contributed by atoms with van der Waals surface area (Å²) in [5.41, 5.74) is 0. The molecule has 0 radical (unpaired) electrons. The summed E-state index contributed by atoms with van der Waals surface area (Å²) in [4.78, 5) is 33.9. The summed E-state index contributed by atoms with van der Waals surface area (Å²) in [5.74, 6) is 1.74. The molecule has 0 aromatic heterocycles. The molecule has 144 valence electrons. The van der Waals surface area contributed by atoms with E-state index in [9.17, 15) is 9.59 Å². The molecular weight excluding hydrogens is 328 g/mol. The lowest BCUT2D eigenvalue weighted by molar-refractivity contribution is -0.147. The first kappa shape index (κ1) is 18.0. The van der Waals surface area contributed by atoms with Crippen molar-refractivity contribution in [2.75, 3.05) is 58.9 Å². The van der Waals surface area contributed by atoms with Crippen molar-refractivity contribution in [3.05, 3.63) is 12.7 Å². The topological polar surface area (TPSA) is 47.1 Å². The fourth-order valence-corrected chi connectivity index (χ4v) is 5.49. The second-order valence-corrected chi connectivity index (χ2v) is 8.53. The predicted octanol–water partition coefficient (Wildman–Crippen LogP) is 0.649. The third-order valence-electron chi connectivity index (χ3n) is 6.73. The lowest BCUT2D eigenvalue weighted by Gasteiger charge is -2.52. The van der Waals surface area contributed by atoms with E-state index in [0.717, 1.165) is 71.6 Å². The normalized spacial score (nSPS) is 33.1. The van der Waals surface area contributed by atoms with Crippen LogP contribution < -0.4 is 0 Å². The highest BCUT2D eigenvalue weighted by Gasteiger charge is 2.44. The van der Waals surface area contributed by atoms with Crippen molar-refractivity contribution in [3.8, 4) is 0 Å². The third-order valence-corrected chi connectivity index (χ3v) is 6.73. The largest absolute Gasteiger partial charge is 0.339 e. The average molecular weight is 361 g/mol. The van der Waals surface area contributed by atoms with Gasteiger partial charge in [-0.1, -0.05) is 6.08 Å². The van der Waals surface area contributed by atoms with E-state index >= 15 is 0 Å². The van der Waals surface area contributed by atoms with Gasteiger partial charge in [0.1, 0.15) is 0 Å². The van der Waals surface area contributed by atoms with Crippen LogP contribution in [0.3, 0.4) is 0 Å². The van der Waals surface area contributed by atoms with Gasteiger partial charge in [-0.05, 0) is 31.1 Å². The number of rotatable bonds is 4. The summed E-state index contributed by atoms with van der Waals surface area (Å²) in [6.07, 6.45) is 6.09. The van der Waals surface area contributed by atoms with Gasteiger partial charge in [-0.15, -0.1) is 6.58 Å². The Morgan fingerprint density at radius 2 is 1.92 bits per heavy atom. The molecule has 26 heavy (non-hydrogen) atoms. The Hall–Kier alpha value is -1.40. The minimum Gasteiger partial charge on any atom is -0.339 e. The Kier molecular flexibility index (Phi) is 5.32. The molecule has 6 heteroatoms. The minimum absolute atomic E-state index is 0.278. The zero-order chi connectivity index (χ0) is 18.1. The molecule has 2 bridgehead atoms. The van der Waals surface area contributed by atoms with Gasteiger partial charge in [0.15, 0.2) is 0 Å². The van der Waals surface area contributed by atoms with Crippen LogP contribution in [-0.4, -0.2) is 96.4 Å². The molecule has 2 amide bonds. The molecule has 0 saturated carbocycles. The van der Waals surface area contributed by atoms with Crippen LogP contribution in [0, 0.1) is 11.8 Å². The molecule has 6 nitrogen and oxygen atoms in total. The smallest absolute Gasteiger partial charge is 0.236 e. The Morgan fingerprint density at radius 1 is 1.12 bits per heavy atom. The van der Waals surface area contributed by atoms with Crippen molar-refractivity contribution >= 4 is 11.8 Å². The molecule has 4 aliphatic heterocycles. The monoisotopic (exact) mass is 360 g/mol. The van der Waals surface area contributed by atoms with E-state index < -0.39 is 0 Å². The molecule has 0 unspecified atom stereocenters. The minimum atomic E-state index is 0.278. The summed E-state index contributed by atoms with van der Waals surface area (Å²) >= 11 is 0. The van der Waals surface area contributed by atoms with Crippen LogP contribution in [0.25, 0.3) is 0 Å². The molecule has 4 rings (SSSR count). The lowest BCUT2D eigenvalue weighted by Crippen LogP contribution is -2.61. The highest BCUT2D eigenvalue weighted by Crippen LogP contribution is 2.37. The van der Waals surface area contributed by atoms with E-state index in [0.29, 0.717) is 30.3 Å². The number of hydrogen-bond donors (Lipinski definition) is 0. The van der Waals surface area contributed by atoms with Crippen LogP contribution in [0.15, 0.2) is 12.7 Å². The van der Waals surface area contributed by atoms with Crippen molar-refractivity contribution < 1.29 is 9.59 Å². The fraction of sp³-hybridized carbons (Fsp3) is 0.800. The molecule has 4 aliphatic rings. The number of piperidine rings is 3. The van der Waals surface area contributed by atoms with Gasteiger partial charge in [-0.2, -0.15) is 0 Å². The number of carbonyl (C=O) groups excluding carboxylic acids is 2. The quantitative estimate of drug-likeness (QED) is 0.691. The number of carbonyl (C=O) groups is 2. The Labute approximate surface area is 156 Å². The van der Waals surface area contributed by atoms with E-state index in [1.165, 1.54) is 6.42 Å². The first-order chi connectivity index (χ1) is 12.6. The summed E-state index contributed by atoms with van der Waals surface area (Å²) in [6, 6.07) is 0.424. The van der Waals surface area contributed by atoms with Gasteiger partial charge < -0.3 is 9.80 Å². The highest BCUT2D eigenvalue weighted by atomic mass is 16.2. The molecule has 4 fully saturated rings. The maximum Gasteiger partial charge on any atom is 0.236 e. The van der Waals surface area contributed by atoms with Crippen molar-refractivity contribution in [1.29, 1.82) is 0 Å². The van der Waals surface area contributed by atoms with Crippen LogP contribution in [0.5, 0.6) is 0 Å². The van der Waals surface area contributed by atoms with Gasteiger partial charge in [0.2, 0.25) is 11.8 Å². The van der Waals surface area contributed by atoms with Crippen molar-refractivity contribution in [2.45, 2.75) is 31.7 Å². The van der Waals surface area contributed by atoms with Crippen LogP contribution >= 0.6 is 0 Å². The molecule has 4 saturated heterocycles. The summed E-state index contributed by atoms with van der Waals surface area (Å²) in [5, 5.41) is 0. The second kappa shape index (κ2) is 7.69. The number of fused-ring (bicyclic) bond motifs is 4. The summed E-state index contributed by atoms with van der Waals surface area (Å²) < 4.78 is 0. The van der Waals surface area contributed by atoms with Gasteiger partial charge in [-0.25, -0.2) is 0 Å². The number of nitrogens with zero attached hydrogens (tertiary/aromatic N) is 4. The van der Waals surface area contributed by atoms with Crippen LogP contribution in [0.4, 0.5) is 0 Å². The van der Waals surface area contributed by atoms with Gasteiger partial charge in [0.05, 0.1) is 6.54 Å². The number of likely N-dealkylation sites (tertiary alicyclic amines) is 1. The summed E-state index contributed by atoms with van der Waals surface area (Å²) in [6.45, 7) is 11.7. The van der Waals surface area contributed by atoms with Gasteiger partial charge in [-0.3, -0.25) is 19.4 Å². The molecular formula is C20H32N4O2. The van der Waals surface area contributed by atoms with E-state index in [1.807, 2.05) is 11.0 Å². The SMILES string of the molecule is C=CCN1CCN(C(=O)CN2C[C@H]3C[C@H](C2)[C@H]2CCCC(=O)N2C3)CC1. The van der Waals surface area contributed by atoms with Gasteiger partial charge >= 0.3 is 0 Å². The Morgan fingerprint density at radius 3 is 2.69 bits per heavy atom. The van der Waals surface area contributed by atoms with Gasteiger partial charge in [0.25, 0.3) is 0 Å². The zero-order valence-electron chi connectivity index (χ0n) is 15.8. The maximum absolute atomic E-state index is 12.8. The van der Waals surface area contributed by atoms with Crippen molar-refractivity contribution in [3.63, 3.8) is 0 Å². The number of piperazine rings is 1. The zero-order valence-corrected chi connectivity index (χ0v) is 15.8. The second-order valence-electron chi connectivity index (χ2n) is 8.53. The first-order valence-electron chi connectivity index (χ1n) is 10.3. The van der Waals surface area contributed by atoms with Crippen LogP contribution in [0.2, 0.25) is 0 Å². The number of amides is 2. The Balaban J connectivity index is 1.31. The van der Waals surface area contributed by atoms with Gasteiger partial charge in [0, 0.05) is 64.8 Å². The average Bonchev–Trinajstić information content (AvgIpc) is 2.63. The molecule has 0 spiro atoms. The van der Waals surface area contributed by atoms with E-state index in [2.05, 4.69) is 21.3 Å². The molecule has 0 N–H and O–H groups in total. The Bertz CT molecular complexity index is 558. The maximum atomic E-state index is 12.8. The fourth-order valence-electron chi connectivity index (χ4n) is 5.49. The van der Waals surface area contributed by atoms with Crippen molar-refractivity contribution in [1.82, 2.24) is 19.6 Å². The number of hydrogen-bond acceptors (Lipinski definition) is 4. The van der Waals surface area contributed by atoms with E-state index in [1.54, 1.807) is 0 Å². The van der Waals surface area contributed by atoms with Crippen LogP contribution in [0.1, 0.15) is 25.7 Å². The molecule has 0 aromatic rings. The predicted molar refractivity (Wildman–Crippen MR) is 101 cm³/mol. The molecule has 0 aliphatic carbocycles. The van der Waals surface area contributed by atoms with Crippen LogP contribution in [-0.2, 0) is 9.59 Å². The third kappa shape index (κ3) is 3.67. The summed E-state index contributed by atoms with van der Waals surface area (Å²) in [7, 11) is 0. The first-order valence-corrected chi connectivity index (χ1v) is 10.3. The molecule has 3 atom stereocenters. The molecule has 4 heterocycles. The van der Waals surface area contributed by atoms with E-state index in [4.69, 9.17) is 0 Å². The molecule has 0 aromatic carbocycles.